The summed E-state index contributed by atoms with van der Waals surface area (Å²) in [5.74, 6) is 0.662. The first-order chi connectivity index (χ1) is 13.5. The molecule has 0 atom stereocenters. The first kappa shape index (κ1) is 19.4. The van der Waals surface area contributed by atoms with E-state index in [0.29, 0.717) is 27.9 Å². The van der Waals surface area contributed by atoms with E-state index >= 15 is 0 Å². The van der Waals surface area contributed by atoms with Crippen LogP contribution in [0.15, 0.2) is 59.7 Å². The Kier molecular flexibility index (Phi) is 5.96. The van der Waals surface area contributed by atoms with Crippen molar-refractivity contribution in [3.05, 3.63) is 70.2 Å². The van der Waals surface area contributed by atoms with Crippen LogP contribution in [0, 0.1) is 0 Å². The molecule has 144 valence electrons. The summed E-state index contributed by atoms with van der Waals surface area (Å²) < 4.78 is 11.6. The first-order valence-electron chi connectivity index (χ1n) is 8.34. The highest BCUT2D eigenvalue weighted by Crippen LogP contribution is 2.28. The van der Waals surface area contributed by atoms with Gasteiger partial charge in [-0.2, -0.15) is 0 Å². The predicted octanol–water partition coefficient (Wildman–Crippen LogP) is 3.22. The van der Waals surface area contributed by atoms with E-state index < -0.39 is 5.91 Å². The number of nitrogens with one attached hydrogen (secondary N) is 1. The van der Waals surface area contributed by atoms with Crippen LogP contribution in [0.1, 0.15) is 0 Å². The topological polar surface area (TPSA) is 82.4 Å². The molecule has 8 heteroatoms. The van der Waals surface area contributed by atoms with Gasteiger partial charge in [0.25, 0.3) is 5.56 Å². The van der Waals surface area contributed by atoms with Gasteiger partial charge in [-0.3, -0.25) is 14.2 Å². The maximum atomic E-state index is 12.4. The Labute approximate surface area is 166 Å². The second-order valence-corrected chi connectivity index (χ2v) is 6.30. The molecule has 0 saturated carbocycles. The number of methoxy groups -OCH3 is 2. The Morgan fingerprint density at radius 1 is 1.11 bits per heavy atom. The molecule has 1 heterocycles. The number of aromatic nitrogens is 2. The Bertz CT molecular complexity index is 1050. The molecule has 0 aliphatic rings. The van der Waals surface area contributed by atoms with Crippen LogP contribution in [0.2, 0.25) is 5.02 Å². The number of rotatable bonds is 6. The molecular weight excluding hydrogens is 382 g/mol. The third kappa shape index (κ3) is 4.50. The lowest BCUT2D eigenvalue weighted by molar-refractivity contribution is -0.116. The van der Waals surface area contributed by atoms with Crippen molar-refractivity contribution in [2.75, 3.05) is 19.5 Å². The fraction of sp³-hybridized carbons (Fsp3) is 0.150. The van der Waals surface area contributed by atoms with E-state index in [1.807, 2.05) is 0 Å². The summed E-state index contributed by atoms with van der Waals surface area (Å²) in [7, 11) is 3.03. The molecule has 1 aromatic heterocycles. The zero-order valence-electron chi connectivity index (χ0n) is 15.3. The third-order valence-electron chi connectivity index (χ3n) is 4.01. The molecule has 0 radical (unpaired) electrons. The summed E-state index contributed by atoms with van der Waals surface area (Å²) in [5, 5.41) is 3.32. The molecule has 3 aromatic rings. The van der Waals surface area contributed by atoms with Gasteiger partial charge in [0.05, 0.1) is 31.9 Å². The second-order valence-electron chi connectivity index (χ2n) is 5.86. The smallest absolute Gasteiger partial charge is 0.254 e. The van der Waals surface area contributed by atoms with Gasteiger partial charge in [0.1, 0.15) is 18.0 Å². The van der Waals surface area contributed by atoms with Gasteiger partial charge in [0.2, 0.25) is 5.91 Å². The summed E-state index contributed by atoms with van der Waals surface area (Å²) in [6, 6.07) is 13.4. The number of carbonyl (C=O) groups is 1. The van der Waals surface area contributed by atoms with Crippen LogP contribution in [-0.4, -0.2) is 29.7 Å². The van der Waals surface area contributed by atoms with Crippen LogP contribution in [0.3, 0.4) is 0 Å². The number of hydrogen-bond acceptors (Lipinski definition) is 5. The maximum absolute atomic E-state index is 12.4. The molecule has 28 heavy (non-hydrogen) atoms. The van der Waals surface area contributed by atoms with Gasteiger partial charge in [0.15, 0.2) is 0 Å². The largest absolute Gasteiger partial charge is 0.497 e. The minimum Gasteiger partial charge on any atom is -0.497 e. The molecule has 0 aliphatic heterocycles. The number of nitrogens with zero attached hydrogens (tertiary/aromatic N) is 2. The SMILES string of the molecule is COc1ccc(OC)c(NC(=O)Cn2cnc(-c3ccc(Cl)cc3)cc2=O)c1. The zero-order valence-corrected chi connectivity index (χ0v) is 16.1. The van der Waals surface area contributed by atoms with Crippen LogP contribution < -0.4 is 20.3 Å². The molecule has 1 amide bonds. The summed E-state index contributed by atoms with van der Waals surface area (Å²) in [6.07, 6.45) is 1.34. The maximum Gasteiger partial charge on any atom is 0.254 e. The number of halogens is 1. The van der Waals surface area contributed by atoms with Crippen LogP contribution in [-0.2, 0) is 11.3 Å². The molecule has 0 saturated heterocycles. The fourth-order valence-corrected chi connectivity index (χ4v) is 2.71. The van der Waals surface area contributed by atoms with E-state index in [1.54, 1.807) is 42.5 Å². The normalized spacial score (nSPS) is 10.4. The zero-order chi connectivity index (χ0) is 20.1. The number of amides is 1. The highest BCUT2D eigenvalue weighted by Gasteiger charge is 2.11. The van der Waals surface area contributed by atoms with Gasteiger partial charge >= 0.3 is 0 Å². The van der Waals surface area contributed by atoms with Crippen LogP contribution in [0.25, 0.3) is 11.3 Å². The van der Waals surface area contributed by atoms with Gasteiger partial charge in [0, 0.05) is 22.7 Å². The van der Waals surface area contributed by atoms with Gasteiger partial charge < -0.3 is 14.8 Å². The number of ether oxygens (including phenoxy) is 2. The predicted molar refractivity (Wildman–Crippen MR) is 107 cm³/mol. The summed E-state index contributed by atoms with van der Waals surface area (Å²) in [4.78, 5) is 29.0. The minimum atomic E-state index is -0.394. The molecular formula is C20H18ClN3O4. The average molecular weight is 400 g/mol. The Morgan fingerprint density at radius 3 is 2.50 bits per heavy atom. The first-order valence-corrected chi connectivity index (χ1v) is 8.72. The molecule has 0 bridgehead atoms. The Hall–Kier alpha value is -3.32. The van der Waals surface area contributed by atoms with Gasteiger partial charge in [-0.25, -0.2) is 4.98 Å². The van der Waals surface area contributed by atoms with E-state index in [0.717, 1.165) is 5.56 Å². The monoisotopic (exact) mass is 399 g/mol. The Morgan fingerprint density at radius 2 is 1.86 bits per heavy atom. The van der Waals surface area contributed by atoms with Crippen molar-refractivity contribution in [2.24, 2.45) is 0 Å². The van der Waals surface area contributed by atoms with Crippen molar-refractivity contribution in [2.45, 2.75) is 6.54 Å². The van der Waals surface area contributed by atoms with E-state index in [-0.39, 0.29) is 12.1 Å². The molecule has 0 aliphatic carbocycles. The van der Waals surface area contributed by atoms with E-state index in [1.165, 1.54) is 31.2 Å². The second kappa shape index (κ2) is 8.58. The van der Waals surface area contributed by atoms with Gasteiger partial charge in [-0.05, 0) is 24.3 Å². The highest BCUT2D eigenvalue weighted by molar-refractivity contribution is 6.30. The molecule has 3 rings (SSSR count). The van der Waals surface area contributed by atoms with Crippen molar-refractivity contribution in [3.63, 3.8) is 0 Å². The standard InChI is InChI=1S/C20H18ClN3O4/c1-27-15-7-8-18(28-2)17(9-15)23-19(25)11-24-12-22-16(10-20(24)26)13-3-5-14(21)6-4-13/h3-10,12H,11H2,1-2H3,(H,23,25). The lowest BCUT2D eigenvalue weighted by atomic mass is 10.1. The van der Waals surface area contributed by atoms with Crippen molar-refractivity contribution < 1.29 is 14.3 Å². The molecule has 0 fully saturated rings. The van der Waals surface area contributed by atoms with Crippen LogP contribution >= 0.6 is 11.6 Å². The average Bonchev–Trinajstić information content (AvgIpc) is 2.70. The van der Waals surface area contributed by atoms with E-state index in [9.17, 15) is 9.59 Å². The lowest BCUT2D eigenvalue weighted by Crippen LogP contribution is -2.27. The minimum absolute atomic E-state index is 0.187. The van der Waals surface area contributed by atoms with E-state index in [2.05, 4.69) is 10.3 Å². The van der Waals surface area contributed by atoms with Crippen molar-refractivity contribution in [1.29, 1.82) is 0 Å². The fourth-order valence-electron chi connectivity index (χ4n) is 2.58. The number of hydrogen-bond donors (Lipinski definition) is 1. The number of benzene rings is 2. The van der Waals surface area contributed by atoms with Crippen molar-refractivity contribution in [1.82, 2.24) is 9.55 Å². The molecule has 1 N–H and O–H groups in total. The third-order valence-corrected chi connectivity index (χ3v) is 4.27. The molecule has 2 aromatic carbocycles. The highest BCUT2D eigenvalue weighted by atomic mass is 35.5. The molecule has 7 nitrogen and oxygen atoms in total. The van der Waals surface area contributed by atoms with Gasteiger partial charge in [-0.15, -0.1) is 0 Å². The van der Waals surface area contributed by atoms with Crippen LogP contribution in [0.4, 0.5) is 5.69 Å². The van der Waals surface area contributed by atoms with Gasteiger partial charge in [-0.1, -0.05) is 23.7 Å². The lowest BCUT2D eigenvalue weighted by Gasteiger charge is -2.12. The summed E-state index contributed by atoms with van der Waals surface area (Å²) in [5.41, 5.74) is 1.38. The Balaban J connectivity index is 1.76. The molecule has 0 unspecified atom stereocenters. The number of anilines is 1. The summed E-state index contributed by atoms with van der Waals surface area (Å²) >= 11 is 5.87. The molecule has 0 spiro atoms. The van der Waals surface area contributed by atoms with E-state index in [4.69, 9.17) is 21.1 Å². The van der Waals surface area contributed by atoms with Crippen molar-refractivity contribution >= 4 is 23.2 Å². The quantitative estimate of drug-likeness (QED) is 0.688. The summed E-state index contributed by atoms with van der Waals surface area (Å²) in [6.45, 7) is -0.187. The van der Waals surface area contributed by atoms with Crippen LogP contribution in [0.5, 0.6) is 11.5 Å². The number of carbonyl (C=O) groups excluding carboxylic acids is 1. The van der Waals surface area contributed by atoms with Crippen molar-refractivity contribution in [3.8, 4) is 22.8 Å².